The fraction of sp³-hybridized carbons (Fsp3) is 0.138. The predicted octanol–water partition coefficient (Wildman–Crippen LogP) is 5.89. The zero-order valence-electron chi connectivity index (χ0n) is 21.0. The minimum Gasteiger partial charge on any atom is -0.487 e. The predicted molar refractivity (Wildman–Crippen MR) is 150 cm³/mol. The highest BCUT2D eigenvalue weighted by molar-refractivity contribution is 9.10. The monoisotopic (exact) mass is 589 g/mol. The standard InChI is InChI=1S/C29H24BrN3O6/c1-3-5-21-14-20(16-25(30)26(21)39-17-19-8-12-23(13-9-19)33(37)38)15-24-27(34)31-29(36)32(28(24)35)22-10-6-18(4-2)7-11-22/h3,6-16H,1,4-5,17H2,2H3,(H,31,34,36)/b24-15-. The molecule has 0 atom stereocenters. The molecular weight excluding hydrogens is 566 g/mol. The summed E-state index contributed by atoms with van der Waals surface area (Å²) in [5.41, 5.74) is 3.22. The van der Waals surface area contributed by atoms with Crippen molar-refractivity contribution in [2.75, 3.05) is 4.90 Å². The second kappa shape index (κ2) is 11.9. The average Bonchev–Trinajstić information content (AvgIpc) is 2.91. The molecule has 0 saturated carbocycles. The lowest BCUT2D eigenvalue weighted by Crippen LogP contribution is -2.54. The number of amides is 4. The molecule has 0 unspecified atom stereocenters. The third kappa shape index (κ3) is 6.12. The molecule has 1 N–H and O–H groups in total. The first-order chi connectivity index (χ1) is 18.7. The van der Waals surface area contributed by atoms with Crippen molar-refractivity contribution >= 4 is 51.2 Å². The Balaban J connectivity index is 1.62. The number of imide groups is 2. The van der Waals surface area contributed by atoms with E-state index in [2.05, 4.69) is 27.8 Å². The fourth-order valence-corrected chi connectivity index (χ4v) is 4.67. The number of hydrogen-bond donors (Lipinski definition) is 1. The normalized spacial score (nSPS) is 14.4. The fourth-order valence-electron chi connectivity index (χ4n) is 4.03. The third-order valence-electron chi connectivity index (χ3n) is 6.05. The number of carbonyl (C=O) groups is 3. The van der Waals surface area contributed by atoms with E-state index >= 15 is 0 Å². The molecule has 3 aromatic carbocycles. The van der Waals surface area contributed by atoms with Crippen molar-refractivity contribution in [2.24, 2.45) is 0 Å². The van der Waals surface area contributed by atoms with Crippen LogP contribution in [0.15, 0.2) is 83.4 Å². The molecule has 39 heavy (non-hydrogen) atoms. The first-order valence-electron chi connectivity index (χ1n) is 12.0. The van der Waals surface area contributed by atoms with Crippen LogP contribution in [0.2, 0.25) is 0 Å². The van der Waals surface area contributed by atoms with Gasteiger partial charge >= 0.3 is 6.03 Å². The van der Waals surface area contributed by atoms with Crippen molar-refractivity contribution in [3.8, 4) is 5.75 Å². The summed E-state index contributed by atoms with van der Waals surface area (Å²) < 4.78 is 6.59. The number of barbiturate groups is 1. The zero-order valence-corrected chi connectivity index (χ0v) is 22.6. The van der Waals surface area contributed by atoms with Gasteiger partial charge in [0.25, 0.3) is 17.5 Å². The number of rotatable bonds is 9. The molecule has 1 heterocycles. The molecule has 0 bridgehead atoms. The van der Waals surface area contributed by atoms with Crippen LogP contribution in [0.3, 0.4) is 0 Å². The van der Waals surface area contributed by atoms with Crippen molar-refractivity contribution in [1.82, 2.24) is 5.32 Å². The van der Waals surface area contributed by atoms with Gasteiger partial charge in [-0.25, -0.2) is 9.69 Å². The third-order valence-corrected chi connectivity index (χ3v) is 6.64. The van der Waals surface area contributed by atoms with E-state index in [0.29, 0.717) is 27.9 Å². The van der Waals surface area contributed by atoms with E-state index in [1.807, 2.05) is 19.1 Å². The highest BCUT2D eigenvalue weighted by Crippen LogP contribution is 2.34. The van der Waals surface area contributed by atoms with Crippen molar-refractivity contribution in [3.63, 3.8) is 0 Å². The van der Waals surface area contributed by atoms with Crippen LogP contribution in [0.5, 0.6) is 5.75 Å². The Hall–Kier alpha value is -4.57. The first-order valence-corrected chi connectivity index (χ1v) is 12.8. The number of urea groups is 1. The molecule has 0 aromatic heterocycles. The summed E-state index contributed by atoms with van der Waals surface area (Å²) in [6, 6.07) is 15.7. The van der Waals surface area contributed by atoms with Gasteiger partial charge in [0, 0.05) is 12.1 Å². The second-order valence-corrected chi connectivity index (χ2v) is 9.53. The Morgan fingerprint density at radius 1 is 1.05 bits per heavy atom. The summed E-state index contributed by atoms with van der Waals surface area (Å²) in [6.45, 7) is 5.95. The van der Waals surface area contributed by atoms with Gasteiger partial charge < -0.3 is 4.74 Å². The van der Waals surface area contributed by atoms with Gasteiger partial charge in [0.05, 0.1) is 15.1 Å². The number of hydrogen-bond acceptors (Lipinski definition) is 6. The quantitative estimate of drug-likeness (QED) is 0.109. The number of nitro benzene ring substituents is 1. The van der Waals surface area contributed by atoms with E-state index in [9.17, 15) is 24.5 Å². The van der Waals surface area contributed by atoms with Crippen LogP contribution in [0.1, 0.15) is 29.2 Å². The van der Waals surface area contributed by atoms with Crippen LogP contribution >= 0.6 is 15.9 Å². The number of ether oxygens (including phenoxy) is 1. The Morgan fingerprint density at radius 3 is 2.33 bits per heavy atom. The second-order valence-electron chi connectivity index (χ2n) is 8.67. The van der Waals surface area contributed by atoms with Crippen molar-refractivity contribution < 1.29 is 24.0 Å². The Labute approximate surface area is 233 Å². The van der Waals surface area contributed by atoms with Crippen LogP contribution in [0.4, 0.5) is 16.2 Å². The van der Waals surface area contributed by atoms with Crippen molar-refractivity contribution in [1.29, 1.82) is 0 Å². The molecule has 4 rings (SSSR count). The lowest BCUT2D eigenvalue weighted by molar-refractivity contribution is -0.384. The Morgan fingerprint density at radius 2 is 1.72 bits per heavy atom. The molecule has 10 heteroatoms. The summed E-state index contributed by atoms with van der Waals surface area (Å²) in [7, 11) is 0. The Bertz CT molecular complexity index is 1500. The number of nitrogens with one attached hydrogen (secondary N) is 1. The molecule has 0 radical (unpaired) electrons. The molecule has 1 aliphatic heterocycles. The van der Waals surface area contributed by atoms with E-state index in [1.165, 1.54) is 18.2 Å². The number of nitrogens with zero attached hydrogens (tertiary/aromatic N) is 2. The van der Waals surface area contributed by atoms with Gasteiger partial charge in [0.2, 0.25) is 0 Å². The number of benzene rings is 3. The summed E-state index contributed by atoms with van der Waals surface area (Å²) in [5, 5.41) is 13.1. The Kier molecular flexibility index (Phi) is 8.36. The lowest BCUT2D eigenvalue weighted by Gasteiger charge is -2.26. The maximum atomic E-state index is 13.3. The number of anilines is 1. The summed E-state index contributed by atoms with van der Waals surface area (Å²) in [6.07, 6.45) is 4.35. The number of allylic oxidation sites excluding steroid dienone is 1. The van der Waals surface area contributed by atoms with Crippen LogP contribution in [-0.2, 0) is 29.0 Å². The first kappa shape index (κ1) is 27.5. The van der Waals surface area contributed by atoms with Crippen LogP contribution in [0.25, 0.3) is 6.08 Å². The molecule has 3 aromatic rings. The topological polar surface area (TPSA) is 119 Å². The molecule has 1 aliphatic rings. The van der Waals surface area contributed by atoms with E-state index in [0.717, 1.165) is 28.0 Å². The highest BCUT2D eigenvalue weighted by atomic mass is 79.9. The van der Waals surface area contributed by atoms with Crippen LogP contribution in [0, 0.1) is 10.1 Å². The number of non-ortho nitro benzene ring substituents is 1. The van der Waals surface area contributed by atoms with Gasteiger partial charge in [-0.05, 0) is 93.5 Å². The SMILES string of the molecule is C=CCc1cc(/C=C2/C(=O)NC(=O)N(c3ccc(CC)cc3)C2=O)cc(Br)c1OCc1ccc([N+](=O)[O-])cc1. The number of carbonyl (C=O) groups excluding carboxylic acids is 3. The van der Waals surface area contributed by atoms with Crippen LogP contribution in [-0.4, -0.2) is 22.8 Å². The largest absolute Gasteiger partial charge is 0.487 e. The van der Waals surface area contributed by atoms with Gasteiger partial charge in [0.1, 0.15) is 17.9 Å². The number of aryl methyl sites for hydroxylation is 1. The van der Waals surface area contributed by atoms with E-state index in [1.54, 1.807) is 42.5 Å². The maximum absolute atomic E-state index is 13.3. The van der Waals surface area contributed by atoms with Gasteiger partial charge in [-0.2, -0.15) is 0 Å². The van der Waals surface area contributed by atoms with Crippen LogP contribution < -0.4 is 15.0 Å². The summed E-state index contributed by atoms with van der Waals surface area (Å²) in [5.74, 6) is -0.984. The zero-order chi connectivity index (χ0) is 28.1. The molecule has 0 aliphatic carbocycles. The van der Waals surface area contributed by atoms with Gasteiger partial charge in [-0.3, -0.25) is 25.0 Å². The maximum Gasteiger partial charge on any atom is 0.335 e. The van der Waals surface area contributed by atoms with Crippen molar-refractivity contribution in [3.05, 3.63) is 116 Å². The molecule has 1 fully saturated rings. The summed E-state index contributed by atoms with van der Waals surface area (Å²) in [4.78, 5) is 49.8. The van der Waals surface area contributed by atoms with Gasteiger partial charge in [-0.15, -0.1) is 6.58 Å². The van der Waals surface area contributed by atoms with Gasteiger partial charge in [-0.1, -0.05) is 25.1 Å². The van der Waals surface area contributed by atoms with E-state index in [-0.39, 0.29) is 17.9 Å². The highest BCUT2D eigenvalue weighted by Gasteiger charge is 2.36. The van der Waals surface area contributed by atoms with E-state index < -0.39 is 22.8 Å². The minimum atomic E-state index is -0.810. The minimum absolute atomic E-state index is 0.01000. The summed E-state index contributed by atoms with van der Waals surface area (Å²) >= 11 is 3.51. The molecule has 4 amide bonds. The number of halogens is 1. The molecule has 1 saturated heterocycles. The molecule has 0 spiro atoms. The molecule has 198 valence electrons. The molecular formula is C29H24BrN3O6. The smallest absolute Gasteiger partial charge is 0.335 e. The average molecular weight is 590 g/mol. The van der Waals surface area contributed by atoms with Crippen molar-refractivity contribution in [2.45, 2.75) is 26.4 Å². The number of nitro groups is 1. The van der Waals surface area contributed by atoms with Gasteiger partial charge in [0.15, 0.2) is 0 Å². The molecule has 9 nitrogen and oxygen atoms in total. The lowest BCUT2D eigenvalue weighted by atomic mass is 10.0. The van der Waals surface area contributed by atoms with E-state index in [4.69, 9.17) is 4.74 Å².